The molecule has 1 heterocycles. The van der Waals surface area contributed by atoms with Crippen LogP contribution in [-0.2, 0) is 0 Å². The second kappa shape index (κ2) is 6.19. The third-order valence-electron chi connectivity index (χ3n) is 3.96. The molecular formula is C15H32N2. The predicted octanol–water partition coefficient (Wildman–Crippen LogP) is 3.13. The Morgan fingerprint density at radius 2 is 1.88 bits per heavy atom. The quantitative estimate of drug-likeness (QED) is 0.794. The summed E-state index contributed by atoms with van der Waals surface area (Å²) in [6.07, 6.45) is 2.54. The minimum absolute atomic E-state index is 0.322. The molecule has 2 atom stereocenters. The molecule has 0 aromatic carbocycles. The first-order chi connectivity index (χ1) is 7.86. The largest absolute Gasteiger partial charge is 0.309 e. The Morgan fingerprint density at radius 1 is 1.24 bits per heavy atom. The van der Waals surface area contributed by atoms with E-state index in [9.17, 15) is 0 Å². The first-order valence-electron chi connectivity index (χ1n) is 7.35. The third kappa shape index (κ3) is 4.59. The van der Waals surface area contributed by atoms with Crippen LogP contribution >= 0.6 is 0 Å². The highest BCUT2D eigenvalue weighted by atomic mass is 15.2. The minimum Gasteiger partial charge on any atom is -0.309 e. The van der Waals surface area contributed by atoms with Crippen molar-refractivity contribution in [1.29, 1.82) is 0 Å². The van der Waals surface area contributed by atoms with Crippen molar-refractivity contribution < 1.29 is 0 Å². The SMILES string of the molecule is CCC1(C)CN(CC(C)C)C(CC(C)C)CN1. The van der Waals surface area contributed by atoms with Gasteiger partial charge in [-0.15, -0.1) is 0 Å². The molecule has 2 nitrogen and oxygen atoms in total. The Bertz CT molecular complexity index is 225. The van der Waals surface area contributed by atoms with Crippen molar-refractivity contribution in [2.24, 2.45) is 11.8 Å². The smallest absolute Gasteiger partial charge is 0.0278 e. The molecule has 2 heteroatoms. The van der Waals surface area contributed by atoms with E-state index in [1.165, 1.54) is 25.9 Å². The zero-order valence-corrected chi connectivity index (χ0v) is 12.7. The zero-order valence-electron chi connectivity index (χ0n) is 12.7. The fourth-order valence-electron chi connectivity index (χ4n) is 2.82. The van der Waals surface area contributed by atoms with Crippen LogP contribution in [0, 0.1) is 11.8 Å². The second-order valence-corrected chi connectivity index (χ2v) is 6.90. The monoisotopic (exact) mass is 240 g/mol. The molecule has 1 aliphatic rings. The lowest BCUT2D eigenvalue weighted by Gasteiger charge is -2.47. The van der Waals surface area contributed by atoms with Gasteiger partial charge in [-0.1, -0.05) is 34.6 Å². The second-order valence-electron chi connectivity index (χ2n) is 6.90. The van der Waals surface area contributed by atoms with Crippen LogP contribution in [-0.4, -0.2) is 36.1 Å². The summed E-state index contributed by atoms with van der Waals surface area (Å²) in [4.78, 5) is 2.73. The molecule has 102 valence electrons. The van der Waals surface area contributed by atoms with E-state index < -0.39 is 0 Å². The molecule has 0 amide bonds. The van der Waals surface area contributed by atoms with Crippen LogP contribution in [0.1, 0.15) is 54.4 Å². The summed E-state index contributed by atoms with van der Waals surface area (Å²) >= 11 is 0. The van der Waals surface area contributed by atoms with E-state index in [0.717, 1.165) is 24.4 Å². The van der Waals surface area contributed by atoms with Gasteiger partial charge in [-0.25, -0.2) is 0 Å². The van der Waals surface area contributed by atoms with E-state index in [-0.39, 0.29) is 0 Å². The third-order valence-corrected chi connectivity index (χ3v) is 3.96. The van der Waals surface area contributed by atoms with E-state index in [2.05, 4.69) is 51.8 Å². The fraction of sp³-hybridized carbons (Fsp3) is 1.00. The fourth-order valence-corrected chi connectivity index (χ4v) is 2.82. The summed E-state index contributed by atoms with van der Waals surface area (Å²) in [5, 5.41) is 3.76. The molecule has 1 rings (SSSR count). The summed E-state index contributed by atoms with van der Waals surface area (Å²) in [6.45, 7) is 17.6. The summed E-state index contributed by atoms with van der Waals surface area (Å²) in [7, 11) is 0. The van der Waals surface area contributed by atoms with Gasteiger partial charge in [0, 0.05) is 31.2 Å². The minimum atomic E-state index is 0.322. The standard InChI is InChI=1S/C15H32N2/c1-7-15(6)11-17(10-13(4)5)14(9-16-15)8-12(2)3/h12-14,16H,7-11H2,1-6H3. The van der Waals surface area contributed by atoms with Gasteiger partial charge in [0.05, 0.1) is 0 Å². The number of rotatable bonds is 5. The summed E-state index contributed by atoms with van der Waals surface area (Å²) < 4.78 is 0. The maximum atomic E-state index is 3.76. The van der Waals surface area contributed by atoms with Crippen molar-refractivity contribution in [2.45, 2.75) is 66.0 Å². The molecule has 1 saturated heterocycles. The van der Waals surface area contributed by atoms with Crippen LogP contribution < -0.4 is 5.32 Å². The van der Waals surface area contributed by atoms with Crippen molar-refractivity contribution in [3.63, 3.8) is 0 Å². The number of piperazine rings is 1. The van der Waals surface area contributed by atoms with E-state index in [4.69, 9.17) is 0 Å². The summed E-state index contributed by atoms with van der Waals surface area (Å²) in [5.41, 5.74) is 0.322. The Labute approximate surface area is 108 Å². The van der Waals surface area contributed by atoms with Gasteiger partial charge in [-0.2, -0.15) is 0 Å². The molecular weight excluding hydrogens is 208 g/mol. The molecule has 0 aromatic heterocycles. The van der Waals surface area contributed by atoms with Crippen LogP contribution in [0.3, 0.4) is 0 Å². The van der Waals surface area contributed by atoms with Gasteiger partial charge in [0.2, 0.25) is 0 Å². The first kappa shape index (κ1) is 15.0. The van der Waals surface area contributed by atoms with Crippen LogP contribution in [0.4, 0.5) is 0 Å². The van der Waals surface area contributed by atoms with Crippen molar-refractivity contribution in [2.75, 3.05) is 19.6 Å². The van der Waals surface area contributed by atoms with Gasteiger partial charge in [0.1, 0.15) is 0 Å². The molecule has 17 heavy (non-hydrogen) atoms. The topological polar surface area (TPSA) is 15.3 Å². The lowest BCUT2D eigenvalue weighted by molar-refractivity contribution is 0.0632. The molecule has 2 unspecified atom stereocenters. The molecule has 0 bridgehead atoms. The molecule has 1 N–H and O–H groups in total. The van der Waals surface area contributed by atoms with Crippen LogP contribution in [0.2, 0.25) is 0 Å². The van der Waals surface area contributed by atoms with Crippen molar-refractivity contribution in [3.05, 3.63) is 0 Å². The average molecular weight is 240 g/mol. The maximum Gasteiger partial charge on any atom is 0.0278 e. The van der Waals surface area contributed by atoms with Gasteiger partial charge in [-0.3, -0.25) is 4.90 Å². The molecule has 0 saturated carbocycles. The van der Waals surface area contributed by atoms with Gasteiger partial charge in [0.15, 0.2) is 0 Å². The van der Waals surface area contributed by atoms with Gasteiger partial charge in [0.25, 0.3) is 0 Å². The van der Waals surface area contributed by atoms with Crippen LogP contribution in [0.25, 0.3) is 0 Å². The van der Waals surface area contributed by atoms with Gasteiger partial charge >= 0.3 is 0 Å². The van der Waals surface area contributed by atoms with Crippen LogP contribution in [0.15, 0.2) is 0 Å². The average Bonchev–Trinajstić information content (AvgIpc) is 2.21. The highest BCUT2D eigenvalue weighted by Gasteiger charge is 2.34. The molecule has 1 aliphatic heterocycles. The Morgan fingerprint density at radius 3 is 2.35 bits per heavy atom. The Hall–Kier alpha value is -0.0800. The number of nitrogens with one attached hydrogen (secondary N) is 1. The van der Waals surface area contributed by atoms with E-state index in [0.29, 0.717) is 5.54 Å². The summed E-state index contributed by atoms with van der Waals surface area (Å²) in [6, 6.07) is 0.733. The van der Waals surface area contributed by atoms with Gasteiger partial charge < -0.3 is 5.32 Å². The molecule has 0 aromatic rings. The number of hydrogen-bond donors (Lipinski definition) is 1. The molecule has 0 spiro atoms. The first-order valence-corrected chi connectivity index (χ1v) is 7.35. The van der Waals surface area contributed by atoms with Gasteiger partial charge in [-0.05, 0) is 31.6 Å². The Kier molecular flexibility index (Phi) is 5.46. The Balaban J connectivity index is 2.65. The predicted molar refractivity (Wildman–Crippen MR) is 76.4 cm³/mol. The zero-order chi connectivity index (χ0) is 13.1. The highest BCUT2D eigenvalue weighted by molar-refractivity contribution is 4.94. The van der Waals surface area contributed by atoms with Crippen molar-refractivity contribution in [1.82, 2.24) is 10.2 Å². The lowest BCUT2D eigenvalue weighted by Crippen LogP contribution is -2.63. The van der Waals surface area contributed by atoms with Crippen molar-refractivity contribution >= 4 is 0 Å². The normalized spacial score (nSPS) is 31.4. The number of nitrogens with zero attached hydrogens (tertiary/aromatic N) is 1. The maximum absolute atomic E-state index is 3.76. The molecule has 1 fully saturated rings. The molecule has 0 aliphatic carbocycles. The number of hydrogen-bond acceptors (Lipinski definition) is 2. The molecule has 0 radical (unpaired) electrons. The van der Waals surface area contributed by atoms with Crippen LogP contribution in [0.5, 0.6) is 0 Å². The van der Waals surface area contributed by atoms with E-state index >= 15 is 0 Å². The van der Waals surface area contributed by atoms with E-state index in [1.807, 2.05) is 0 Å². The lowest BCUT2D eigenvalue weighted by atomic mass is 9.90. The summed E-state index contributed by atoms with van der Waals surface area (Å²) in [5.74, 6) is 1.56. The van der Waals surface area contributed by atoms with E-state index in [1.54, 1.807) is 0 Å². The van der Waals surface area contributed by atoms with Crippen molar-refractivity contribution in [3.8, 4) is 0 Å². The highest BCUT2D eigenvalue weighted by Crippen LogP contribution is 2.23.